The van der Waals surface area contributed by atoms with Crippen molar-refractivity contribution in [3.05, 3.63) is 0 Å². The lowest BCUT2D eigenvalue weighted by molar-refractivity contribution is -0.208. The van der Waals surface area contributed by atoms with Gasteiger partial charge in [-0.2, -0.15) is 0 Å². The summed E-state index contributed by atoms with van der Waals surface area (Å²) in [5.74, 6) is 0. The summed E-state index contributed by atoms with van der Waals surface area (Å²) in [6, 6.07) is 0. The van der Waals surface area contributed by atoms with Gasteiger partial charge < -0.3 is 10.2 Å². The van der Waals surface area contributed by atoms with E-state index >= 15 is 0 Å². The molecule has 0 aliphatic rings. The number of rotatable bonds is 4. The van der Waals surface area contributed by atoms with Crippen LogP contribution in [0, 0.1) is 5.41 Å². The molecular weight excluding hydrogens is 177 g/mol. The summed E-state index contributed by atoms with van der Waals surface area (Å²) in [6.07, 6.45) is 1.75. The lowest BCUT2D eigenvalue weighted by Gasteiger charge is -2.50. The molecule has 0 aromatic heterocycles. The van der Waals surface area contributed by atoms with Gasteiger partial charge in [0.25, 0.3) is 0 Å². The van der Waals surface area contributed by atoms with Crippen LogP contribution in [0.1, 0.15) is 60.8 Å². The maximum Gasteiger partial charge on any atom is 0.0978 e. The molecule has 0 fully saturated rings. The summed E-state index contributed by atoms with van der Waals surface area (Å²) < 4.78 is 0. The van der Waals surface area contributed by atoms with Gasteiger partial charge >= 0.3 is 0 Å². The van der Waals surface area contributed by atoms with Gasteiger partial charge in [-0.25, -0.2) is 0 Å². The highest BCUT2D eigenvalue weighted by Crippen LogP contribution is 2.44. The van der Waals surface area contributed by atoms with Crippen LogP contribution >= 0.6 is 0 Å². The third-order valence-electron chi connectivity index (χ3n) is 3.69. The van der Waals surface area contributed by atoms with Gasteiger partial charge in [-0.1, -0.05) is 41.5 Å². The first-order chi connectivity index (χ1) is 6.18. The molecule has 0 aromatic rings. The Labute approximate surface area is 88.3 Å². The van der Waals surface area contributed by atoms with Gasteiger partial charge in [0.05, 0.1) is 11.2 Å². The van der Waals surface area contributed by atoms with Crippen LogP contribution in [-0.2, 0) is 0 Å². The lowest BCUT2D eigenvalue weighted by Crippen LogP contribution is -2.60. The Hall–Kier alpha value is -0.0800. The van der Waals surface area contributed by atoms with Crippen LogP contribution in [0.3, 0.4) is 0 Å². The van der Waals surface area contributed by atoms with Crippen molar-refractivity contribution in [2.24, 2.45) is 5.41 Å². The van der Waals surface area contributed by atoms with Crippen LogP contribution in [0.25, 0.3) is 0 Å². The summed E-state index contributed by atoms with van der Waals surface area (Å²) in [4.78, 5) is 0. The highest BCUT2D eigenvalue weighted by Gasteiger charge is 2.52. The number of aliphatic hydroxyl groups is 2. The van der Waals surface area contributed by atoms with Crippen LogP contribution in [0.15, 0.2) is 0 Å². The molecule has 0 amide bonds. The molecule has 2 nitrogen and oxygen atoms in total. The van der Waals surface area contributed by atoms with Crippen molar-refractivity contribution < 1.29 is 10.2 Å². The predicted octanol–water partition coefficient (Wildman–Crippen LogP) is 2.72. The van der Waals surface area contributed by atoms with Crippen molar-refractivity contribution in [2.45, 2.75) is 72.0 Å². The predicted molar refractivity (Wildman–Crippen MR) is 60.2 cm³/mol. The summed E-state index contributed by atoms with van der Waals surface area (Å²) in [7, 11) is 0. The molecule has 0 saturated heterocycles. The van der Waals surface area contributed by atoms with Crippen LogP contribution in [0.5, 0.6) is 0 Å². The second-order valence-corrected chi connectivity index (χ2v) is 5.20. The van der Waals surface area contributed by atoms with Crippen molar-refractivity contribution in [1.82, 2.24) is 0 Å². The zero-order chi connectivity index (χ0) is 11.6. The first-order valence-electron chi connectivity index (χ1n) is 5.63. The molecule has 0 spiro atoms. The summed E-state index contributed by atoms with van der Waals surface area (Å²) >= 11 is 0. The van der Waals surface area contributed by atoms with E-state index in [1.54, 1.807) is 0 Å². The molecule has 1 atom stereocenters. The SMILES string of the molecule is CCC(O)(CC)[13C](O)(CC)C(C)(C)C. The maximum absolute atomic E-state index is 10.6. The largest absolute Gasteiger partial charge is 0.387 e. The average Bonchev–Trinajstić information content (AvgIpc) is 2.13. The standard InChI is InChI=1S/C12H26O2/c1-7-11(13,8-2)12(14,9-3)10(4,5)6/h13-14H,7-9H2,1-6H3/i12+1. The van der Waals surface area contributed by atoms with E-state index in [1.165, 1.54) is 0 Å². The van der Waals surface area contributed by atoms with E-state index in [1.807, 2.05) is 41.5 Å². The molecular formula is C12H26O2. The van der Waals surface area contributed by atoms with E-state index in [4.69, 9.17) is 0 Å². The zero-order valence-corrected chi connectivity index (χ0v) is 10.5. The normalized spacial score (nSPS) is 18.0. The first kappa shape index (κ1) is 13.9. The fourth-order valence-electron chi connectivity index (χ4n) is 2.39. The smallest absolute Gasteiger partial charge is 0.0978 e. The molecule has 1 unspecified atom stereocenters. The van der Waals surface area contributed by atoms with Gasteiger partial charge in [-0.05, 0) is 24.7 Å². The van der Waals surface area contributed by atoms with Gasteiger partial charge in [0.2, 0.25) is 0 Å². The Kier molecular flexibility index (Phi) is 4.17. The fourth-order valence-corrected chi connectivity index (χ4v) is 2.39. The van der Waals surface area contributed by atoms with Crippen molar-refractivity contribution in [3.63, 3.8) is 0 Å². The second kappa shape index (κ2) is 4.19. The van der Waals surface area contributed by atoms with Gasteiger partial charge in [-0.3, -0.25) is 0 Å². The third-order valence-corrected chi connectivity index (χ3v) is 3.69. The molecule has 0 aromatic carbocycles. The minimum absolute atomic E-state index is 0.303. The van der Waals surface area contributed by atoms with Crippen LogP contribution in [0.4, 0.5) is 0 Å². The van der Waals surface area contributed by atoms with Crippen molar-refractivity contribution in [1.29, 1.82) is 0 Å². The van der Waals surface area contributed by atoms with E-state index in [0.29, 0.717) is 19.3 Å². The molecule has 86 valence electrons. The van der Waals surface area contributed by atoms with E-state index in [-0.39, 0.29) is 5.41 Å². The van der Waals surface area contributed by atoms with E-state index in [0.717, 1.165) is 0 Å². The number of hydrogen-bond donors (Lipinski definition) is 2. The Morgan fingerprint density at radius 2 is 1.14 bits per heavy atom. The maximum atomic E-state index is 10.6. The summed E-state index contributed by atoms with van der Waals surface area (Å²) in [5.41, 5.74) is -2.29. The molecule has 2 N–H and O–H groups in total. The average molecular weight is 203 g/mol. The first-order valence-corrected chi connectivity index (χ1v) is 5.63. The number of hydrogen-bond acceptors (Lipinski definition) is 2. The van der Waals surface area contributed by atoms with E-state index in [9.17, 15) is 10.2 Å². The molecule has 0 saturated carbocycles. The molecule has 0 aliphatic carbocycles. The van der Waals surface area contributed by atoms with E-state index in [2.05, 4.69) is 0 Å². The van der Waals surface area contributed by atoms with Gasteiger partial charge in [0, 0.05) is 0 Å². The molecule has 0 rings (SSSR count). The Bertz CT molecular complexity index is 177. The second-order valence-electron chi connectivity index (χ2n) is 5.20. The van der Waals surface area contributed by atoms with Crippen LogP contribution in [-0.4, -0.2) is 21.4 Å². The molecule has 14 heavy (non-hydrogen) atoms. The monoisotopic (exact) mass is 203 g/mol. The Morgan fingerprint density at radius 1 is 0.786 bits per heavy atom. The summed E-state index contributed by atoms with van der Waals surface area (Å²) in [5, 5.41) is 21.1. The van der Waals surface area contributed by atoms with Crippen LogP contribution < -0.4 is 0 Å². The van der Waals surface area contributed by atoms with Crippen molar-refractivity contribution in [3.8, 4) is 0 Å². The highest BCUT2D eigenvalue weighted by molar-refractivity contribution is 5.04. The Balaban J connectivity index is 5.22. The molecule has 0 radical (unpaired) electrons. The molecule has 2 heteroatoms. The quantitative estimate of drug-likeness (QED) is 0.690. The van der Waals surface area contributed by atoms with Crippen LogP contribution in [0.2, 0.25) is 0 Å². The van der Waals surface area contributed by atoms with Gasteiger partial charge in [0.15, 0.2) is 0 Å². The van der Waals surface area contributed by atoms with Crippen molar-refractivity contribution >= 4 is 0 Å². The van der Waals surface area contributed by atoms with Crippen molar-refractivity contribution in [2.75, 3.05) is 0 Å². The lowest BCUT2D eigenvalue weighted by atomic mass is 9.84. The summed E-state index contributed by atoms with van der Waals surface area (Å²) in [6.45, 7) is 11.7. The highest BCUT2D eigenvalue weighted by atomic mass is 16.4. The topological polar surface area (TPSA) is 40.5 Å². The third kappa shape index (κ3) is 1.96. The molecule has 0 bridgehead atoms. The van der Waals surface area contributed by atoms with Gasteiger partial charge in [-0.15, -0.1) is 0 Å². The minimum atomic E-state index is -1.01. The zero-order valence-electron chi connectivity index (χ0n) is 10.5. The minimum Gasteiger partial charge on any atom is -0.387 e. The Morgan fingerprint density at radius 3 is 1.21 bits per heavy atom. The van der Waals surface area contributed by atoms with Gasteiger partial charge in [0.1, 0.15) is 0 Å². The van der Waals surface area contributed by atoms with E-state index < -0.39 is 11.2 Å². The molecule has 0 aliphatic heterocycles. The molecule has 0 heterocycles. The fraction of sp³-hybridized carbons (Fsp3) is 1.00.